The number of ether oxygens (including phenoxy) is 2. The number of nitrogens with zero attached hydrogens (tertiary/aromatic N) is 2. The van der Waals surface area contributed by atoms with Gasteiger partial charge in [-0.25, -0.2) is 9.59 Å². The highest BCUT2D eigenvalue weighted by atomic mass is 16.6. The molecule has 0 aromatic carbocycles. The van der Waals surface area contributed by atoms with Crippen LogP contribution in [0.2, 0.25) is 0 Å². The summed E-state index contributed by atoms with van der Waals surface area (Å²) in [4.78, 5) is 26.6. The third kappa shape index (κ3) is 6.20. The monoisotopic (exact) mass is 302 g/mol. The van der Waals surface area contributed by atoms with E-state index in [1.54, 1.807) is 11.9 Å². The lowest BCUT2D eigenvalue weighted by molar-refractivity contribution is 0.00168. The number of piperidine rings is 1. The predicted molar refractivity (Wildman–Crippen MR) is 77.0 cm³/mol. The number of rotatable bonds is 3. The molecule has 1 heterocycles. The minimum absolute atomic E-state index is 0.0946. The maximum Gasteiger partial charge on any atom is 0.410 e. The van der Waals surface area contributed by atoms with E-state index in [0.717, 1.165) is 0 Å². The van der Waals surface area contributed by atoms with E-state index in [9.17, 15) is 9.59 Å². The van der Waals surface area contributed by atoms with Gasteiger partial charge in [-0.2, -0.15) is 0 Å². The molecule has 7 nitrogen and oxygen atoms in total. The van der Waals surface area contributed by atoms with Crippen LogP contribution in [0.5, 0.6) is 0 Å². The van der Waals surface area contributed by atoms with Crippen LogP contribution in [0.3, 0.4) is 0 Å². The Balaban J connectivity index is 2.35. The van der Waals surface area contributed by atoms with Crippen molar-refractivity contribution in [3.63, 3.8) is 0 Å². The van der Waals surface area contributed by atoms with Crippen LogP contribution in [0.4, 0.5) is 9.59 Å². The fourth-order valence-electron chi connectivity index (χ4n) is 1.96. The van der Waals surface area contributed by atoms with Crippen molar-refractivity contribution in [1.82, 2.24) is 9.80 Å². The van der Waals surface area contributed by atoms with Gasteiger partial charge in [0.1, 0.15) is 11.7 Å². The third-order valence-electron chi connectivity index (χ3n) is 3.11. The van der Waals surface area contributed by atoms with Gasteiger partial charge in [-0.3, -0.25) is 0 Å². The van der Waals surface area contributed by atoms with Gasteiger partial charge in [-0.1, -0.05) is 0 Å². The molecular formula is C14H26N2O5. The molecule has 1 N–H and O–H groups in total. The lowest BCUT2D eigenvalue weighted by Gasteiger charge is -2.33. The molecule has 0 saturated carbocycles. The van der Waals surface area contributed by atoms with Crippen LogP contribution < -0.4 is 0 Å². The zero-order valence-corrected chi connectivity index (χ0v) is 13.3. The average Bonchev–Trinajstić information content (AvgIpc) is 2.37. The van der Waals surface area contributed by atoms with Crippen LogP contribution in [0.25, 0.3) is 0 Å². The fourth-order valence-corrected chi connectivity index (χ4v) is 1.96. The number of hydrogen-bond acceptors (Lipinski definition) is 5. The van der Waals surface area contributed by atoms with Crippen LogP contribution in [0, 0.1) is 0 Å². The summed E-state index contributed by atoms with van der Waals surface area (Å²) in [6, 6.07) is 0. The van der Waals surface area contributed by atoms with Crippen LogP contribution >= 0.6 is 0 Å². The van der Waals surface area contributed by atoms with E-state index < -0.39 is 11.7 Å². The molecule has 1 saturated heterocycles. The van der Waals surface area contributed by atoms with Gasteiger partial charge < -0.3 is 24.4 Å². The minimum atomic E-state index is -0.507. The first-order valence-corrected chi connectivity index (χ1v) is 7.23. The molecule has 1 aliphatic heterocycles. The van der Waals surface area contributed by atoms with Crippen LogP contribution in [0.15, 0.2) is 0 Å². The molecule has 0 spiro atoms. The Morgan fingerprint density at radius 3 is 2.33 bits per heavy atom. The molecule has 1 rings (SSSR count). The predicted octanol–water partition coefficient (Wildman–Crippen LogP) is 1.45. The van der Waals surface area contributed by atoms with E-state index in [-0.39, 0.29) is 25.3 Å². The van der Waals surface area contributed by atoms with Gasteiger partial charge >= 0.3 is 12.2 Å². The van der Waals surface area contributed by atoms with Crippen molar-refractivity contribution >= 4 is 12.2 Å². The largest absolute Gasteiger partial charge is 0.446 e. The number of likely N-dealkylation sites (tertiary alicyclic amines) is 1. The van der Waals surface area contributed by atoms with Crippen molar-refractivity contribution < 1.29 is 24.2 Å². The number of amides is 2. The average molecular weight is 302 g/mol. The Bertz CT molecular complexity index is 359. The van der Waals surface area contributed by atoms with Gasteiger partial charge in [0.05, 0.1) is 6.61 Å². The summed E-state index contributed by atoms with van der Waals surface area (Å²) in [5.74, 6) is 0. The van der Waals surface area contributed by atoms with Gasteiger partial charge in [0.2, 0.25) is 0 Å². The van der Waals surface area contributed by atoms with Crippen molar-refractivity contribution in [2.75, 3.05) is 33.3 Å². The molecule has 0 aromatic heterocycles. The lowest BCUT2D eigenvalue weighted by atomic mass is 10.1. The molecule has 0 unspecified atom stereocenters. The second-order valence-corrected chi connectivity index (χ2v) is 6.20. The van der Waals surface area contributed by atoms with Gasteiger partial charge in [-0.05, 0) is 20.8 Å². The molecule has 1 aliphatic rings. The summed E-state index contributed by atoms with van der Waals surface area (Å²) >= 11 is 0. The van der Waals surface area contributed by atoms with Crippen molar-refractivity contribution in [3.8, 4) is 0 Å². The van der Waals surface area contributed by atoms with Crippen molar-refractivity contribution in [2.24, 2.45) is 0 Å². The third-order valence-corrected chi connectivity index (χ3v) is 3.11. The number of aliphatic hydroxyl groups excluding tert-OH is 1. The highest BCUT2D eigenvalue weighted by Crippen LogP contribution is 2.17. The fraction of sp³-hybridized carbons (Fsp3) is 0.857. The van der Waals surface area contributed by atoms with Crippen molar-refractivity contribution in [2.45, 2.75) is 45.3 Å². The smallest absolute Gasteiger partial charge is 0.410 e. The molecule has 2 amide bonds. The summed E-state index contributed by atoms with van der Waals surface area (Å²) in [6.45, 7) is 6.66. The van der Waals surface area contributed by atoms with E-state index in [1.165, 1.54) is 4.90 Å². The van der Waals surface area contributed by atoms with E-state index in [4.69, 9.17) is 14.6 Å². The SMILES string of the molecule is CN(CCO)C(=O)OC1CCN(C(=O)OC(C)(C)C)CC1. The molecule has 1 fully saturated rings. The number of hydrogen-bond donors (Lipinski definition) is 1. The van der Waals surface area contributed by atoms with Crippen molar-refractivity contribution in [1.29, 1.82) is 0 Å². The standard InChI is InChI=1S/C14H26N2O5/c1-14(2,3)21-13(19)16-7-5-11(6-8-16)20-12(18)15(4)9-10-17/h11,17H,5-10H2,1-4H3. The van der Waals surface area contributed by atoms with Crippen LogP contribution in [-0.2, 0) is 9.47 Å². The molecule has 21 heavy (non-hydrogen) atoms. The Morgan fingerprint density at radius 1 is 1.29 bits per heavy atom. The summed E-state index contributed by atoms with van der Waals surface area (Å²) in [5, 5.41) is 8.77. The maximum absolute atomic E-state index is 11.9. The van der Waals surface area contributed by atoms with E-state index in [0.29, 0.717) is 25.9 Å². The van der Waals surface area contributed by atoms with Gasteiger partial charge in [0.25, 0.3) is 0 Å². The Morgan fingerprint density at radius 2 is 1.86 bits per heavy atom. The van der Waals surface area contributed by atoms with E-state index in [2.05, 4.69) is 0 Å². The molecule has 0 aliphatic carbocycles. The first-order chi connectivity index (χ1) is 9.73. The first-order valence-electron chi connectivity index (χ1n) is 7.23. The highest BCUT2D eigenvalue weighted by Gasteiger charge is 2.28. The van der Waals surface area contributed by atoms with Crippen LogP contribution in [-0.4, -0.2) is 72.1 Å². The molecule has 0 aromatic rings. The molecule has 7 heteroatoms. The van der Waals surface area contributed by atoms with Crippen molar-refractivity contribution in [3.05, 3.63) is 0 Å². The zero-order valence-electron chi connectivity index (χ0n) is 13.3. The Kier molecular flexibility index (Phi) is 6.26. The summed E-state index contributed by atoms with van der Waals surface area (Å²) in [5.41, 5.74) is -0.507. The van der Waals surface area contributed by atoms with Gasteiger partial charge in [-0.15, -0.1) is 0 Å². The highest BCUT2D eigenvalue weighted by molar-refractivity contribution is 5.68. The first kappa shape index (κ1) is 17.6. The lowest BCUT2D eigenvalue weighted by Crippen LogP contribution is -2.44. The number of likely N-dealkylation sites (N-methyl/N-ethyl adjacent to an activating group) is 1. The Hall–Kier alpha value is -1.50. The topological polar surface area (TPSA) is 79.3 Å². The molecule has 0 atom stereocenters. The number of carbonyl (C=O) groups is 2. The summed E-state index contributed by atoms with van der Waals surface area (Å²) in [6.07, 6.45) is 0.220. The summed E-state index contributed by atoms with van der Waals surface area (Å²) < 4.78 is 10.6. The van der Waals surface area contributed by atoms with Crippen LogP contribution in [0.1, 0.15) is 33.6 Å². The molecule has 0 radical (unpaired) electrons. The maximum atomic E-state index is 11.9. The minimum Gasteiger partial charge on any atom is -0.446 e. The van der Waals surface area contributed by atoms with Gasteiger partial charge in [0, 0.05) is 39.5 Å². The van der Waals surface area contributed by atoms with Gasteiger partial charge in [0.15, 0.2) is 0 Å². The Labute approximate surface area is 125 Å². The quantitative estimate of drug-likeness (QED) is 0.853. The normalized spacial score (nSPS) is 16.5. The molecule has 0 bridgehead atoms. The number of carbonyl (C=O) groups excluding carboxylic acids is 2. The second kappa shape index (κ2) is 7.49. The van der Waals surface area contributed by atoms with E-state index in [1.807, 2.05) is 20.8 Å². The number of aliphatic hydroxyl groups is 1. The summed E-state index contributed by atoms with van der Waals surface area (Å²) in [7, 11) is 1.58. The molecular weight excluding hydrogens is 276 g/mol. The molecule has 122 valence electrons. The second-order valence-electron chi connectivity index (χ2n) is 6.20. The zero-order chi connectivity index (χ0) is 16.0. The van der Waals surface area contributed by atoms with E-state index >= 15 is 0 Å².